The van der Waals surface area contributed by atoms with Gasteiger partial charge in [-0.1, -0.05) is 66.2 Å². The number of rotatable bonds is 8. The van der Waals surface area contributed by atoms with E-state index >= 15 is 0 Å². The second-order valence-electron chi connectivity index (χ2n) is 7.92. The third-order valence-electron chi connectivity index (χ3n) is 5.31. The van der Waals surface area contributed by atoms with Gasteiger partial charge in [0.05, 0.1) is 12.3 Å². The van der Waals surface area contributed by atoms with Crippen LogP contribution in [0, 0.1) is 0 Å². The lowest BCUT2D eigenvalue weighted by molar-refractivity contribution is 0.281. The average molecular weight is 460 g/mol. The van der Waals surface area contributed by atoms with Crippen LogP contribution >= 0.6 is 11.6 Å². The molecule has 0 aliphatic carbocycles. The topological polar surface area (TPSA) is 74.2 Å². The van der Waals surface area contributed by atoms with Crippen LogP contribution < -0.4 is 10.2 Å². The molecule has 0 aliphatic rings. The molecule has 4 aromatic rings. The van der Waals surface area contributed by atoms with Crippen molar-refractivity contribution >= 4 is 29.1 Å². The first-order chi connectivity index (χ1) is 16.0. The molecule has 2 heterocycles. The number of hydrogen-bond acceptors (Lipinski definition) is 6. The first kappa shape index (κ1) is 22.7. The van der Waals surface area contributed by atoms with E-state index in [2.05, 4.69) is 28.3 Å². The minimum atomic E-state index is 0.0398. The quantitative estimate of drug-likeness (QED) is 0.339. The van der Waals surface area contributed by atoms with E-state index in [1.165, 1.54) is 0 Å². The van der Waals surface area contributed by atoms with Crippen molar-refractivity contribution in [3.63, 3.8) is 0 Å². The summed E-state index contributed by atoms with van der Waals surface area (Å²) in [5, 5.41) is 13.1. The maximum Gasteiger partial charge on any atom is 0.224 e. The van der Waals surface area contributed by atoms with Gasteiger partial charge in [-0.3, -0.25) is 0 Å². The van der Waals surface area contributed by atoms with Crippen molar-refractivity contribution in [2.75, 3.05) is 17.3 Å². The Labute approximate surface area is 198 Å². The van der Waals surface area contributed by atoms with Crippen LogP contribution in [0.4, 0.5) is 17.5 Å². The smallest absolute Gasteiger partial charge is 0.224 e. The second-order valence-corrected chi connectivity index (χ2v) is 8.31. The summed E-state index contributed by atoms with van der Waals surface area (Å²) in [7, 11) is 1.94. The number of pyridine rings is 1. The van der Waals surface area contributed by atoms with E-state index in [1.807, 2.05) is 78.7 Å². The van der Waals surface area contributed by atoms with Gasteiger partial charge in [-0.05, 0) is 42.7 Å². The molecule has 0 amide bonds. The normalized spacial score (nSPS) is 11.8. The lowest BCUT2D eigenvalue weighted by Gasteiger charge is -2.21. The molecule has 0 radical (unpaired) electrons. The molecule has 2 aromatic heterocycles. The van der Waals surface area contributed by atoms with E-state index < -0.39 is 0 Å². The zero-order valence-corrected chi connectivity index (χ0v) is 19.4. The van der Waals surface area contributed by atoms with Crippen molar-refractivity contribution in [1.82, 2.24) is 15.0 Å². The molecule has 168 valence electrons. The second kappa shape index (κ2) is 10.4. The number of hydrogen-bond donors (Lipinski definition) is 2. The predicted octanol–water partition coefficient (Wildman–Crippen LogP) is 5.50. The molecule has 1 atom stereocenters. The van der Waals surface area contributed by atoms with Gasteiger partial charge >= 0.3 is 0 Å². The zero-order valence-electron chi connectivity index (χ0n) is 18.6. The molecule has 1 unspecified atom stereocenters. The third kappa shape index (κ3) is 5.86. The first-order valence-electron chi connectivity index (χ1n) is 10.8. The van der Waals surface area contributed by atoms with Crippen LogP contribution in [0.15, 0.2) is 79.0 Å². The highest BCUT2D eigenvalue weighted by atomic mass is 35.5. The Hall–Kier alpha value is -3.48. The molecule has 0 fully saturated rings. The minimum absolute atomic E-state index is 0.0398. The van der Waals surface area contributed by atoms with Gasteiger partial charge in [0.15, 0.2) is 0 Å². The molecule has 0 bridgehead atoms. The Balaban J connectivity index is 1.51. The van der Waals surface area contributed by atoms with Crippen molar-refractivity contribution in [1.29, 1.82) is 0 Å². The number of halogens is 1. The van der Waals surface area contributed by atoms with Crippen LogP contribution in [0.1, 0.15) is 18.1 Å². The summed E-state index contributed by atoms with van der Waals surface area (Å²) in [4.78, 5) is 15.5. The molecule has 0 saturated heterocycles. The van der Waals surface area contributed by atoms with Crippen LogP contribution in [-0.2, 0) is 13.0 Å². The van der Waals surface area contributed by atoms with Crippen LogP contribution in [0.5, 0.6) is 0 Å². The minimum Gasteiger partial charge on any atom is -0.392 e. The SMILES string of the molecule is CC(Cc1cccc(CO)c1)Nc1nccc(N(C)c2cc(Cl)nc(-c3ccccc3)c2)n1. The van der Waals surface area contributed by atoms with E-state index in [4.69, 9.17) is 16.6 Å². The predicted molar refractivity (Wildman–Crippen MR) is 134 cm³/mol. The number of aliphatic hydroxyl groups is 1. The molecule has 2 N–H and O–H groups in total. The maximum atomic E-state index is 9.35. The maximum absolute atomic E-state index is 9.35. The van der Waals surface area contributed by atoms with Gasteiger partial charge in [0, 0.05) is 30.5 Å². The molecular formula is C26H26ClN5O. The highest BCUT2D eigenvalue weighted by Gasteiger charge is 2.12. The molecule has 4 rings (SSSR count). The molecule has 6 nitrogen and oxygen atoms in total. The van der Waals surface area contributed by atoms with E-state index in [0.29, 0.717) is 11.1 Å². The van der Waals surface area contributed by atoms with Crippen LogP contribution in [0.25, 0.3) is 11.3 Å². The van der Waals surface area contributed by atoms with Crippen molar-refractivity contribution in [2.24, 2.45) is 0 Å². The summed E-state index contributed by atoms with van der Waals surface area (Å²) in [5.74, 6) is 1.29. The fraction of sp³-hybridized carbons (Fsp3) is 0.192. The zero-order chi connectivity index (χ0) is 23.2. The van der Waals surface area contributed by atoms with Gasteiger partial charge in [0.25, 0.3) is 0 Å². The number of aromatic nitrogens is 3. The van der Waals surface area contributed by atoms with Gasteiger partial charge in [-0.2, -0.15) is 4.98 Å². The number of nitrogens with zero attached hydrogens (tertiary/aromatic N) is 4. The summed E-state index contributed by atoms with van der Waals surface area (Å²) in [5.41, 5.74) is 4.74. The highest BCUT2D eigenvalue weighted by molar-refractivity contribution is 6.29. The third-order valence-corrected chi connectivity index (χ3v) is 5.51. The van der Waals surface area contributed by atoms with Crippen molar-refractivity contribution in [2.45, 2.75) is 26.0 Å². The van der Waals surface area contributed by atoms with E-state index in [-0.39, 0.29) is 12.6 Å². The Kier molecular flexibility index (Phi) is 7.17. The Bertz CT molecular complexity index is 1220. The summed E-state index contributed by atoms with van der Waals surface area (Å²) in [6.07, 6.45) is 2.53. The lowest BCUT2D eigenvalue weighted by Crippen LogP contribution is -2.21. The van der Waals surface area contributed by atoms with Gasteiger partial charge in [-0.15, -0.1) is 0 Å². The standard InChI is InChI=1S/C26H26ClN5O/c1-18(13-19-7-6-8-20(14-19)17-33)29-26-28-12-11-25(31-26)32(2)22-15-23(30-24(27)16-22)21-9-4-3-5-10-21/h3-12,14-16,18,33H,13,17H2,1-2H3,(H,28,29,31). The molecule has 0 saturated carbocycles. The Morgan fingerprint density at radius 2 is 1.76 bits per heavy atom. The largest absolute Gasteiger partial charge is 0.392 e. The fourth-order valence-electron chi connectivity index (χ4n) is 3.65. The molecule has 0 spiro atoms. The molecule has 2 aromatic carbocycles. The summed E-state index contributed by atoms with van der Waals surface area (Å²) >= 11 is 6.33. The van der Waals surface area contributed by atoms with Gasteiger partial charge in [-0.25, -0.2) is 9.97 Å². The molecule has 0 aliphatic heterocycles. The Morgan fingerprint density at radius 3 is 2.55 bits per heavy atom. The van der Waals surface area contributed by atoms with Crippen LogP contribution in [0.3, 0.4) is 0 Å². The fourth-order valence-corrected chi connectivity index (χ4v) is 3.85. The van der Waals surface area contributed by atoms with Crippen LogP contribution in [-0.4, -0.2) is 33.1 Å². The van der Waals surface area contributed by atoms with Crippen molar-refractivity contribution < 1.29 is 5.11 Å². The average Bonchev–Trinajstić information content (AvgIpc) is 2.84. The van der Waals surface area contributed by atoms with Crippen LogP contribution in [0.2, 0.25) is 5.15 Å². The van der Waals surface area contributed by atoms with E-state index in [9.17, 15) is 5.11 Å². The summed E-state index contributed by atoms with van der Waals surface area (Å²) in [6, 6.07) is 23.7. The number of anilines is 3. The number of aliphatic hydroxyl groups excluding tert-OH is 1. The molecule has 7 heteroatoms. The number of benzene rings is 2. The van der Waals surface area contributed by atoms with Gasteiger partial charge in [0.1, 0.15) is 11.0 Å². The molecular weight excluding hydrogens is 434 g/mol. The lowest BCUT2D eigenvalue weighted by atomic mass is 10.0. The Morgan fingerprint density at radius 1 is 0.970 bits per heavy atom. The summed E-state index contributed by atoms with van der Waals surface area (Å²) in [6.45, 7) is 2.12. The monoisotopic (exact) mass is 459 g/mol. The van der Waals surface area contributed by atoms with E-state index in [1.54, 1.807) is 6.20 Å². The molecule has 33 heavy (non-hydrogen) atoms. The van der Waals surface area contributed by atoms with E-state index in [0.717, 1.165) is 40.3 Å². The number of nitrogens with one attached hydrogen (secondary N) is 1. The van der Waals surface area contributed by atoms with Crippen molar-refractivity contribution in [3.05, 3.63) is 95.3 Å². The van der Waals surface area contributed by atoms with Gasteiger partial charge < -0.3 is 15.3 Å². The summed E-state index contributed by atoms with van der Waals surface area (Å²) < 4.78 is 0. The van der Waals surface area contributed by atoms with Gasteiger partial charge in [0.2, 0.25) is 5.95 Å². The van der Waals surface area contributed by atoms with Crippen molar-refractivity contribution in [3.8, 4) is 11.3 Å². The highest BCUT2D eigenvalue weighted by Crippen LogP contribution is 2.29. The first-order valence-corrected chi connectivity index (χ1v) is 11.1.